The fourth-order valence-electron chi connectivity index (χ4n) is 1.36. The molecule has 0 fully saturated rings. The highest BCUT2D eigenvalue weighted by atomic mass is 16.4. The van der Waals surface area contributed by atoms with Crippen molar-refractivity contribution in [3.8, 4) is 0 Å². The molecule has 1 aliphatic carbocycles. The highest BCUT2D eigenvalue weighted by molar-refractivity contribution is 5.88. The van der Waals surface area contributed by atoms with Crippen molar-refractivity contribution in [3.05, 3.63) is 65.9 Å². The lowest BCUT2D eigenvalue weighted by atomic mass is 10.2. The zero-order chi connectivity index (χ0) is 11.4. The van der Waals surface area contributed by atoms with Crippen LogP contribution in [-0.4, -0.2) is 11.1 Å². The van der Waals surface area contributed by atoms with E-state index in [0.29, 0.717) is 5.56 Å². The predicted octanol–water partition coefficient (Wildman–Crippen LogP) is 2.81. The van der Waals surface area contributed by atoms with Crippen LogP contribution in [0.5, 0.6) is 0 Å². The second-order valence-corrected chi connectivity index (χ2v) is 3.39. The molecular weight excluding hydrogens is 202 g/mol. The van der Waals surface area contributed by atoms with Crippen molar-refractivity contribution in [2.24, 2.45) is 0 Å². The van der Waals surface area contributed by atoms with Gasteiger partial charge in [-0.2, -0.15) is 0 Å². The molecule has 2 rings (SSSR count). The summed E-state index contributed by atoms with van der Waals surface area (Å²) in [4.78, 5) is 10.6. The maximum absolute atomic E-state index is 10.6. The summed E-state index contributed by atoms with van der Waals surface area (Å²) in [6.45, 7) is 0. The molecule has 0 spiro atoms. The van der Waals surface area contributed by atoms with E-state index < -0.39 is 5.97 Å². The second kappa shape index (κ2) is 4.49. The third-order valence-electron chi connectivity index (χ3n) is 2.23. The van der Waals surface area contributed by atoms with E-state index in [-0.39, 0.29) is 0 Å². The van der Waals surface area contributed by atoms with Crippen molar-refractivity contribution >= 4 is 11.7 Å². The van der Waals surface area contributed by atoms with Gasteiger partial charge in [0.1, 0.15) is 0 Å². The number of allylic oxidation sites excluding steroid dienone is 5. The number of carboxylic acids is 1. The standard InChI is InChI=1S/C13H11NO2/c15-13(16)11-5-7-12(8-6-11)14-9-10-3-1-2-4-10/h1-9,14H,(H,15,16). The number of carbonyl (C=O) groups is 1. The Balaban J connectivity index is 2.05. The lowest BCUT2D eigenvalue weighted by Gasteiger charge is -2.01. The van der Waals surface area contributed by atoms with E-state index in [4.69, 9.17) is 5.11 Å². The van der Waals surface area contributed by atoms with Gasteiger partial charge in [0.2, 0.25) is 0 Å². The van der Waals surface area contributed by atoms with E-state index in [1.807, 2.05) is 30.5 Å². The lowest BCUT2D eigenvalue weighted by molar-refractivity contribution is 0.0697. The minimum Gasteiger partial charge on any atom is -0.478 e. The summed E-state index contributed by atoms with van der Waals surface area (Å²) in [7, 11) is 0. The Labute approximate surface area is 93.4 Å². The second-order valence-electron chi connectivity index (χ2n) is 3.39. The van der Waals surface area contributed by atoms with Crippen molar-refractivity contribution in [2.45, 2.75) is 0 Å². The third-order valence-corrected chi connectivity index (χ3v) is 2.23. The van der Waals surface area contributed by atoms with Crippen LogP contribution >= 0.6 is 0 Å². The van der Waals surface area contributed by atoms with E-state index in [1.165, 1.54) is 0 Å². The predicted molar refractivity (Wildman–Crippen MR) is 63.4 cm³/mol. The van der Waals surface area contributed by atoms with Gasteiger partial charge in [-0.05, 0) is 29.8 Å². The van der Waals surface area contributed by atoms with Crippen molar-refractivity contribution in [3.63, 3.8) is 0 Å². The smallest absolute Gasteiger partial charge is 0.335 e. The number of hydrogen-bond acceptors (Lipinski definition) is 2. The Morgan fingerprint density at radius 3 is 2.31 bits per heavy atom. The summed E-state index contributed by atoms with van der Waals surface area (Å²) >= 11 is 0. The van der Waals surface area contributed by atoms with Crippen molar-refractivity contribution in [1.29, 1.82) is 0 Å². The summed E-state index contributed by atoms with van der Waals surface area (Å²) in [5.41, 5.74) is 2.24. The molecule has 0 unspecified atom stereocenters. The van der Waals surface area contributed by atoms with Gasteiger partial charge in [0.25, 0.3) is 0 Å². The highest BCUT2D eigenvalue weighted by Gasteiger charge is 2.00. The van der Waals surface area contributed by atoms with Gasteiger partial charge < -0.3 is 10.4 Å². The van der Waals surface area contributed by atoms with Crippen LogP contribution in [-0.2, 0) is 0 Å². The molecule has 3 heteroatoms. The molecule has 16 heavy (non-hydrogen) atoms. The number of benzene rings is 1. The van der Waals surface area contributed by atoms with Gasteiger partial charge in [-0.25, -0.2) is 4.79 Å². The normalized spacial score (nSPS) is 12.9. The topological polar surface area (TPSA) is 49.3 Å². The quantitative estimate of drug-likeness (QED) is 0.811. The molecule has 0 saturated heterocycles. The lowest BCUT2D eigenvalue weighted by Crippen LogP contribution is -1.96. The van der Waals surface area contributed by atoms with Crippen LogP contribution in [0.2, 0.25) is 0 Å². The first-order chi connectivity index (χ1) is 7.75. The first-order valence-corrected chi connectivity index (χ1v) is 4.90. The summed E-state index contributed by atoms with van der Waals surface area (Å²) in [5.74, 6) is -0.911. The van der Waals surface area contributed by atoms with Crippen LogP contribution in [0.25, 0.3) is 0 Å². The molecule has 1 aromatic carbocycles. The van der Waals surface area contributed by atoms with Crippen LogP contribution in [0.4, 0.5) is 5.69 Å². The molecule has 0 amide bonds. The molecule has 0 radical (unpaired) electrons. The fraction of sp³-hybridized carbons (Fsp3) is 0. The third kappa shape index (κ3) is 2.39. The average Bonchev–Trinajstić information content (AvgIpc) is 2.80. The number of rotatable bonds is 3. The summed E-state index contributed by atoms with van der Waals surface area (Å²) in [6, 6.07) is 6.62. The Kier molecular flexibility index (Phi) is 2.87. The molecule has 0 atom stereocenters. The Morgan fingerprint density at radius 1 is 1.12 bits per heavy atom. The van der Waals surface area contributed by atoms with Crippen LogP contribution < -0.4 is 5.32 Å². The molecule has 2 N–H and O–H groups in total. The van der Waals surface area contributed by atoms with E-state index in [1.54, 1.807) is 24.3 Å². The number of aromatic carboxylic acids is 1. The molecule has 1 aromatic rings. The first kappa shape index (κ1) is 10.2. The molecule has 0 bridgehead atoms. The largest absolute Gasteiger partial charge is 0.478 e. The summed E-state index contributed by atoms with van der Waals surface area (Å²) in [6.07, 6.45) is 9.76. The monoisotopic (exact) mass is 213 g/mol. The van der Waals surface area contributed by atoms with Gasteiger partial charge in [-0.15, -0.1) is 0 Å². The van der Waals surface area contributed by atoms with Crippen LogP contribution in [0.3, 0.4) is 0 Å². The first-order valence-electron chi connectivity index (χ1n) is 4.90. The van der Waals surface area contributed by atoms with Crippen LogP contribution in [0.1, 0.15) is 10.4 Å². The molecule has 3 nitrogen and oxygen atoms in total. The summed E-state index contributed by atoms with van der Waals surface area (Å²) < 4.78 is 0. The Morgan fingerprint density at radius 2 is 1.75 bits per heavy atom. The number of hydrogen-bond donors (Lipinski definition) is 2. The SMILES string of the molecule is O=C(O)c1ccc(NC=C2C=CC=C2)cc1. The van der Waals surface area contributed by atoms with Gasteiger partial charge in [0.15, 0.2) is 0 Å². The van der Waals surface area contributed by atoms with Crippen LogP contribution in [0.15, 0.2) is 60.3 Å². The number of anilines is 1. The van der Waals surface area contributed by atoms with Crippen LogP contribution in [0, 0.1) is 0 Å². The maximum Gasteiger partial charge on any atom is 0.335 e. The molecule has 80 valence electrons. The maximum atomic E-state index is 10.6. The molecule has 1 aliphatic rings. The van der Waals surface area contributed by atoms with E-state index in [2.05, 4.69) is 5.32 Å². The molecule has 0 aromatic heterocycles. The van der Waals surface area contributed by atoms with Crippen molar-refractivity contribution in [2.75, 3.05) is 5.32 Å². The minimum absolute atomic E-state index is 0.291. The molecule has 0 heterocycles. The van der Waals surface area contributed by atoms with Gasteiger partial charge >= 0.3 is 5.97 Å². The van der Waals surface area contributed by atoms with Gasteiger partial charge in [0.05, 0.1) is 5.56 Å². The fourth-order valence-corrected chi connectivity index (χ4v) is 1.36. The van der Waals surface area contributed by atoms with Crippen molar-refractivity contribution < 1.29 is 9.90 Å². The molecule has 0 aliphatic heterocycles. The van der Waals surface area contributed by atoms with Gasteiger partial charge in [-0.1, -0.05) is 24.3 Å². The Hall–Kier alpha value is -2.29. The van der Waals surface area contributed by atoms with Gasteiger partial charge in [0, 0.05) is 11.9 Å². The van der Waals surface area contributed by atoms with E-state index >= 15 is 0 Å². The number of nitrogens with one attached hydrogen (secondary N) is 1. The van der Waals surface area contributed by atoms with E-state index in [9.17, 15) is 4.79 Å². The average molecular weight is 213 g/mol. The molecule has 0 saturated carbocycles. The summed E-state index contributed by atoms with van der Waals surface area (Å²) in [5, 5.41) is 11.8. The molecular formula is C13H11NO2. The Bertz CT molecular complexity index is 467. The zero-order valence-corrected chi connectivity index (χ0v) is 8.55. The highest BCUT2D eigenvalue weighted by Crippen LogP contribution is 2.12. The zero-order valence-electron chi connectivity index (χ0n) is 8.55. The minimum atomic E-state index is -0.911. The number of carboxylic acid groups (broad SMARTS) is 1. The van der Waals surface area contributed by atoms with E-state index in [0.717, 1.165) is 11.3 Å². The van der Waals surface area contributed by atoms with Gasteiger partial charge in [-0.3, -0.25) is 0 Å². The van der Waals surface area contributed by atoms with Crippen molar-refractivity contribution in [1.82, 2.24) is 0 Å².